The Labute approximate surface area is 109 Å². The van der Waals surface area contributed by atoms with E-state index in [1.165, 1.54) is 11.3 Å². The molecular weight excluding hydrogens is 248 g/mol. The van der Waals surface area contributed by atoms with E-state index in [2.05, 4.69) is 10.3 Å². The molecule has 0 saturated heterocycles. The van der Waals surface area contributed by atoms with Crippen LogP contribution in [0.4, 0.5) is 0 Å². The Hall–Kier alpha value is -1.72. The highest BCUT2D eigenvalue weighted by molar-refractivity contribution is 7.13. The molecule has 0 fully saturated rings. The molecule has 18 heavy (non-hydrogen) atoms. The number of aliphatic hydroxyl groups is 1. The summed E-state index contributed by atoms with van der Waals surface area (Å²) in [7, 11) is 0. The third kappa shape index (κ3) is 2.57. The fourth-order valence-electron chi connectivity index (χ4n) is 1.74. The highest BCUT2D eigenvalue weighted by Gasteiger charge is 2.09. The number of nitrogens with one attached hydrogen (secondary N) is 1. The van der Waals surface area contributed by atoms with Gasteiger partial charge in [0.05, 0.1) is 28.7 Å². The average molecular weight is 262 g/mol. The maximum absolute atomic E-state index is 10.4. The minimum atomic E-state index is -0.0519. The lowest BCUT2D eigenvalue weighted by molar-refractivity contribution is -0.110. The maximum Gasteiger partial charge on any atom is 0.207 e. The molecule has 1 atom stereocenters. The van der Waals surface area contributed by atoms with Gasteiger partial charge in [-0.3, -0.25) is 4.79 Å². The minimum absolute atomic E-state index is 0.00433. The molecule has 2 N–H and O–H groups in total. The number of hydrogen-bond donors (Lipinski definition) is 2. The second-order valence-electron chi connectivity index (χ2n) is 3.91. The second kappa shape index (κ2) is 5.75. The molecule has 0 aliphatic heterocycles. The van der Waals surface area contributed by atoms with E-state index in [0.717, 1.165) is 16.0 Å². The van der Waals surface area contributed by atoms with Gasteiger partial charge in [-0.25, -0.2) is 4.98 Å². The molecule has 1 aromatic carbocycles. The van der Waals surface area contributed by atoms with Crippen molar-refractivity contribution in [1.82, 2.24) is 10.3 Å². The van der Waals surface area contributed by atoms with Gasteiger partial charge in [0.15, 0.2) is 0 Å². The number of amides is 1. The number of nitrogens with zero attached hydrogens (tertiary/aromatic N) is 1. The SMILES string of the molecule is CC(NC=O)c1ccc(-c2scnc2CO)cc1. The topological polar surface area (TPSA) is 62.2 Å². The minimum Gasteiger partial charge on any atom is -0.390 e. The molecule has 0 saturated carbocycles. The first-order valence-corrected chi connectivity index (χ1v) is 6.47. The van der Waals surface area contributed by atoms with Crippen molar-refractivity contribution >= 4 is 17.7 Å². The van der Waals surface area contributed by atoms with Crippen LogP contribution in [0.2, 0.25) is 0 Å². The van der Waals surface area contributed by atoms with Crippen LogP contribution in [0, 0.1) is 0 Å². The van der Waals surface area contributed by atoms with E-state index in [4.69, 9.17) is 0 Å². The molecular formula is C13H14N2O2S. The monoisotopic (exact) mass is 262 g/mol. The van der Waals surface area contributed by atoms with Gasteiger partial charge in [0.1, 0.15) is 0 Å². The van der Waals surface area contributed by atoms with Crippen LogP contribution in [0.1, 0.15) is 24.2 Å². The number of carbonyl (C=O) groups is 1. The van der Waals surface area contributed by atoms with E-state index in [-0.39, 0.29) is 12.6 Å². The van der Waals surface area contributed by atoms with Gasteiger partial charge in [-0.1, -0.05) is 24.3 Å². The summed E-state index contributed by atoms with van der Waals surface area (Å²) in [6.07, 6.45) is 0.700. The Bertz CT molecular complexity index is 522. The molecule has 0 bridgehead atoms. The van der Waals surface area contributed by atoms with E-state index in [9.17, 15) is 9.90 Å². The average Bonchev–Trinajstić information content (AvgIpc) is 2.87. The van der Waals surface area contributed by atoms with Crippen LogP contribution in [0.25, 0.3) is 10.4 Å². The standard InChI is InChI=1S/C13H14N2O2S/c1-9(14-7-17)10-2-4-11(5-3-10)13-12(6-16)15-8-18-13/h2-5,7-9,16H,6H2,1H3,(H,14,17). The molecule has 5 heteroatoms. The van der Waals surface area contributed by atoms with Crippen molar-refractivity contribution in [3.05, 3.63) is 41.0 Å². The first-order valence-electron chi connectivity index (χ1n) is 5.59. The maximum atomic E-state index is 10.4. The lowest BCUT2D eigenvalue weighted by atomic mass is 10.1. The van der Waals surface area contributed by atoms with Crippen molar-refractivity contribution in [3.63, 3.8) is 0 Å². The molecule has 0 radical (unpaired) electrons. The first kappa shape index (κ1) is 12.7. The molecule has 0 aliphatic rings. The van der Waals surface area contributed by atoms with Crippen molar-refractivity contribution in [1.29, 1.82) is 0 Å². The van der Waals surface area contributed by atoms with Gasteiger partial charge >= 0.3 is 0 Å². The lowest BCUT2D eigenvalue weighted by Crippen LogP contribution is -2.15. The summed E-state index contributed by atoms with van der Waals surface area (Å²) in [5.74, 6) is 0. The van der Waals surface area contributed by atoms with Crippen LogP contribution in [0.15, 0.2) is 29.8 Å². The van der Waals surface area contributed by atoms with Crippen LogP contribution >= 0.6 is 11.3 Å². The number of rotatable bonds is 5. The Kier molecular flexibility index (Phi) is 4.07. The predicted molar refractivity (Wildman–Crippen MR) is 71.1 cm³/mol. The quantitative estimate of drug-likeness (QED) is 0.811. The van der Waals surface area contributed by atoms with Crippen molar-refractivity contribution in [2.45, 2.75) is 19.6 Å². The fourth-order valence-corrected chi connectivity index (χ4v) is 2.55. The van der Waals surface area contributed by atoms with Crippen LogP contribution in [0.5, 0.6) is 0 Å². The van der Waals surface area contributed by atoms with E-state index in [1.54, 1.807) is 5.51 Å². The normalized spacial score (nSPS) is 12.1. The van der Waals surface area contributed by atoms with Crippen LogP contribution in [0.3, 0.4) is 0 Å². The number of benzene rings is 1. The summed E-state index contributed by atoms with van der Waals surface area (Å²) in [6, 6.07) is 7.89. The van der Waals surface area contributed by atoms with Gasteiger partial charge in [-0.15, -0.1) is 11.3 Å². The van der Waals surface area contributed by atoms with Gasteiger partial charge in [0.25, 0.3) is 0 Å². The van der Waals surface area contributed by atoms with E-state index >= 15 is 0 Å². The number of thiazole rings is 1. The summed E-state index contributed by atoms with van der Waals surface area (Å²) in [4.78, 5) is 15.5. The largest absolute Gasteiger partial charge is 0.390 e. The summed E-state index contributed by atoms with van der Waals surface area (Å²) in [5.41, 5.74) is 4.50. The molecule has 0 spiro atoms. The Morgan fingerprint density at radius 1 is 1.44 bits per heavy atom. The molecule has 94 valence electrons. The zero-order valence-electron chi connectivity index (χ0n) is 9.96. The van der Waals surface area contributed by atoms with Crippen molar-refractivity contribution < 1.29 is 9.90 Å². The molecule has 4 nitrogen and oxygen atoms in total. The number of hydrogen-bond acceptors (Lipinski definition) is 4. The van der Waals surface area contributed by atoms with Crippen molar-refractivity contribution in [2.75, 3.05) is 0 Å². The van der Waals surface area contributed by atoms with Gasteiger partial charge in [-0.05, 0) is 18.1 Å². The summed E-state index contributed by atoms with van der Waals surface area (Å²) in [6.45, 7) is 1.87. The summed E-state index contributed by atoms with van der Waals surface area (Å²) < 4.78 is 0. The Morgan fingerprint density at radius 2 is 2.17 bits per heavy atom. The zero-order valence-corrected chi connectivity index (χ0v) is 10.8. The van der Waals surface area contributed by atoms with Gasteiger partial charge in [0, 0.05) is 0 Å². The van der Waals surface area contributed by atoms with Gasteiger partial charge < -0.3 is 10.4 Å². The smallest absolute Gasteiger partial charge is 0.207 e. The van der Waals surface area contributed by atoms with Crippen molar-refractivity contribution in [3.8, 4) is 10.4 Å². The molecule has 2 aromatic rings. The second-order valence-corrected chi connectivity index (χ2v) is 4.77. The third-order valence-electron chi connectivity index (χ3n) is 2.78. The van der Waals surface area contributed by atoms with E-state index in [0.29, 0.717) is 12.1 Å². The van der Waals surface area contributed by atoms with Crippen molar-refractivity contribution in [2.24, 2.45) is 0 Å². The van der Waals surface area contributed by atoms with Crippen LogP contribution in [-0.2, 0) is 11.4 Å². The molecule has 2 rings (SSSR count). The third-order valence-corrected chi connectivity index (χ3v) is 3.70. The molecule has 1 heterocycles. The molecule has 0 aliphatic carbocycles. The number of aromatic nitrogens is 1. The summed E-state index contributed by atoms with van der Waals surface area (Å²) >= 11 is 1.51. The molecule has 1 aromatic heterocycles. The van der Waals surface area contributed by atoms with Crippen LogP contribution < -0.4 is 5.32 Å². The highest BCUT2D eigenvalue weighted by Crippen LogP contribution is 2.28. The van der Waals surface area contributed by atoms with E-state index in [1.807, 2.05) is 31.2 Å². The zero-order chi connectivity index (χ0) is 13.0. The highest BCUT2D eigenvalue weighted by atomic mass is 32.1. The fraction of sp³-hybridized carbons (Fsp3) is 0.231. The number of aliphatic hydroxyl groups excluding tert-OH is 1. The molecule has 1 amide bonds. The number of carbonyl (C=O) groups excluding carboxylic acids is 1. The predicted octanol–water partition coefficient (Wildman–Crippen LogP) is 2.11. The first-order chi connectivity index (χ1) is 8.76. The Morgan fingerprint density at radius 3 is 2.78 bits per heavy atom. The molecule has 1 unspecified atom stereocenters. The van der Waals surface area contributed by atoms with Gasteiger partial charge in [0.2, 0.25) is 6.41 Å². The summed E-state index contributed by atoms with van der Waals surface area (Å²) in [5, 5.41) is 11.9. The lowest BCUT2D eigenvalue weighted by Gasteiger charge is -2.11. The van der Waals surface area contributed by atoms with Gasteiger partial charge in [-0.2, -0.15) is 0 Å². The van der Waals surface area contributed by atoms with E-state index < -0.39 is 0 Å². The Balaban J connectivity index is 2.25. The van der Waals surface area contributed by atoms with Crippen LogP contribution in [-0.4, -0.2) is 16.5 Å².